The maximum atomic E-state index is 13.1. The standard InChI is InChI=1S/C23H27N3O3/c1-17-16-20-4-2-3-5-21(20)26(17)23(28)19-8-6-18(7-9-19)22(27)24-10-11-25-12-14-29-15-13-25/h2-9,17H,10-16H2,1H3,(H,24,27). The van der Waals surface area contributed by atoms with Crippen LogP contribution in [0.15, 0.2) is 48.5 Å². The predicted molar refractivity (Wildman–Crippen MR) is 112 cm³/mol. The summed E-state index contributed by atoms with van der Waals surface area (Å²) >= 11 is 0. The van der Waals surface area contributed by atoms with Crippen molar-refractivity contribution in [3.63, 3.8) is 0 Å². The lowest BCUT2D eigenvalue weighted by Gasteiger charge is -2.26. The Labute approximate surface area is 171 Å². The van der Waals surface area contributed by atoms with Gasteiger partial charge in [-0.05, 0) is 49.2 Å². The molecule has 6 nitrogen and oxygen atoms in total. The SMILES string of the molecule is CC1Cc2ccccc2N1C(=O)c1ccc(C(=O)NCCN2CCOCC2)cc1. The number of rotatable bonds is 5. The van der Waals surface area contributed by atoms with Gasteiger partial charge in [0.25, 0.3) is 11.8 Å². The van der Waals surface area contributed by atoms with Gasteiger partial charge in [-0.15, -0.1) is 0 Å². The molecule has 0 saturated carbocycles. The van der Waals surface area contributed by atoms with E-state index < -0.39 is 0 Å². The summed E-state index contributed by atoms with van der Waals surface area (Å²) in [5.41, 5.74) is 3.34. The van der Waals surface area contributed by atoms with Crippen molar-refractivity contribution in [1.29, 1.82) is 0 Å². The summed E-state index contributed by atoms with van der Waals surface area (Å²) in [7, 11) is 0. The van der Waals surface area contributed by atoms with Crippen LogP contribution < -0.4 is 10.2 Å². The average molecular weight is 393 g/mol. The molecule has 6 heteroatoms. The molecule has 29 heavy (non-hydrogen) atoms. The Morgan fingerprint density at radius 2 is 1.72 bits per heavy atom. The Bertz CT molecular complexity index is 875. The van der Waals surface area contributed by atoms with Crippen LogP contribution in [0, 0.1) is 0 Å². The van der Waals surface area contributed by atoms with E-state index in [0.29, 0.717) is 17.7 Å². The van der Waals surface area contributed by atoms with Gasteiger partial charge in [0.1, 0.15) is 0 Å². The number of anilines is 1. The molecule has 1 fully saturated rings. The molecule has 2 aromatic carbocycles. The molecule has 0 radical (unpaired) electrons. The smallest absolute Gasteiger partial charge is 0.258 e. The molecule has 2 aromatic rings. The van der Waals surface area contributed by atoms with Gasteiger partial charge in [-0.1, -0.05) is 18.2 Å². The van der Waals surface area contributed by atoms with E-state index in [1.807, 2.05) is 23.1 Å². The van der Waals surface area contributed by atoms with Gasteiger partial charge in [-0.25, -0.2) is 0 Å². The second-order valence-electron chi connectivity index (χ2n) is 7.64. The van der Waals surface area contributed by atoms with Crippen molar-refractivity contribution in [2.24, 2.45) is 0 Å². The zero-order valence-corrected chi connectivity index (χ0v) is 16.8. The number of carbonyl (C=O) groups is 2. The van der Waals surface area contributed by atoms with Crippen molar-refractivity contribution in [2.45, 2.75) is 19.4 Å². The minimum atomic E-state index is -0.114. The molecule has 4 rings (SSSR count). The molecule has 152 valence electrons. The highest BCUT2D eigenvalue weighted by Gasteiger charge is 2.31. The highest BCUT2D eigenvalue weighted by molar-refractivity contribution is 6.08. The van der Waals surface area contributed by atoms with E-state index in [-0.39, 0.29) is 17.9 Å². The third kappa shape index (κ3) is 4.33. The molecule has 1 saturated heterocycles. The summed E-state index contributed by atoms with van der Waals surface area (Å²) in [4.78, 5) is 29.6. The van der Waals surface area contributed by atoms with Gasteiger partial charge in [-0.2, -0.15) is 0 Å². The number of hydrogen-bond donors (Lipinski definition) is 1. The van der Waals surface area contributed by atoms with Gasteiger partial charge in [0, 0.05) is 49.0 Å². The van der Waals surface area contributed by atoms with E-state index in [1.54, 1.807) is 24.3 Å². The Morgan fingerprint density at radius 1 is 1.03 bits per heavy atom. The first-order valence-electron chi connectivity index (χ1n) is 10.2. The average Bonchev–Trinajstić information content (AvgIpc) is 3.09. The van der Waals surface area contributed by atoms with E-state index >= 15 is 0 Å². The molecule has 0 aromatic heterocycles. The summed E-state index contributed by atoms with van der Waals surface area (Å²) < 4.78 is 5.33. The zero-order chi connectivity index (χ0) is 20.2. The highest BCUT2D eigenvalue weighted by Crippen LogP contribution is 2.33. The van der Waals surface area contributed by atoms with Crippen LogP contribution in [0.2, 0.25) is 0 Å². The third-order valence-corrected chi connectivity index (χ3v) is 5.64. The lowest BCUT2D eigenvalue weighted by atomic mass is 10.1. The number of hydrogen-bond acceptors (Lipinski definition) is 4. The fourth-order valence-corrected chi connectivity index (χ4v) is 4.03. The van der Waals surface area contributed by atoms with Gasteiger partial charge < -0.3 is 15.0 Å². The zero-order valence-electron chi connectivity index (χ0n) is 16.8. The number of ether oxygens (including phenoxy) is 1. The van der Waals surface area contributed by atoms with Gasteiger partial charge in [0.2, 0.25) is 0 Å². The molecule has 1 atom stereocenters. The maximum Gasteiger partial charge on any atom is 0.258 e. The number of morpholine rings is 1. The summed E-state index contributed by atoms with van der Waals surface area (Å²) in [5, 5.41) is 2.95. The number of benzene rings is 2. The van der Waals surface area contributed by atoms with Gasteiger partial charge >= 0.3 is 0 Å². The van der Waals surface area contributed by atoms with Gasteiger partial charge in [0.05, 0.1) is 13.2 Å². The fraction of sp³-hybridized carbons (Fsp3) is 0.391. The number of nitrogens with zero attached hydrogens (tertiary/aromatic N) is 2. The van der Waals surface area contributed by atoms with Crippen molar-refractivity contribution < 1.29 is 14.3 Å². The quantitative estimate of drug-likeness (QED) is 0.847. The summed E-state index contributed by atoms with van der Waals surface area (Å²) in [6.07, 6.45) is 0.867. The van der Waals surface area contributed by atoms with Gasteiger partial charge in [0.15, 0.2) is 0 Å². The number of fused-ring (bicyclic) bond motifs is 1. The Kier molecular flexibility index (Phi) is 5.92. The van der Waals surface area contributed by atoms with Crippen LogP contribution >= 0.6 is 0 Å². The first-order valence-corrected chi connectivity index (χ1v) is 10.2. The van der Waals surface area contributed by atoms with E-state index in [2.05, 4.69) is 23.2 Å². The van der Waals surface area contributed by atoms with Crippen molar-refractivity contribution >= 4 is 17.5 Å². The normalized spacial score (nSPS) is 19.1. The van der Waals surface area contributed by atoms with Crippen LogP contribution in [0.5, 0.6) is 0 Å². The number of amides is 2. The Balaban J connectivity index is 1.36. The van der Waals surface area contributed by atoms with Crippen LogP contribution in [0.1, 0.15) is 33.2 Å². The lowest BCUT2D eigenvalue weighted by molar-refractivity contribution is 0.0383. The summed E-state index contributed by atoms with van der Waals surface area (Å²) in [6, 6.07) is 15.1. The molecule has 2 aliphatic rings. The molecule has 2 heterocycles. The molecule has 0 aliphatic carbocycles. The minimum absolute atomic E-state index is 0.0262. The second-order valence-corrected chi connectivity index (χ2v) is 7.64. The van der Waals surface area contributed by atoms with E-state index in [9.17, 15) is 9.59 Å². The minimum Gasteiger partial charge on any atom is -0.379 e. The number of nitrogens with one attached hydrogen (secondary N) is 1. The molecule has 1 unspecified atom stereocenters. The molecule has 2 aliphatic heterocycles. The number of para-hydroxylation sites is 1. The van der Waals surface area contributed by atoms with E-state index in [0.717, 1.165) is 45.0 Å². The predicted octanol–water partition coefficient (Wildman–Crippen LogP) is 2.34. The van der Waals surface area contributed by atoms with Crippen LogP contribution in [0.3, 0.4) is 0 Å². The number of carbonyl (C=O) groups excluding carboxylic acids is 2. The Morgan fingerprint density at radius 3 is 2.48 bits per heavy atom. The van der Waals surface area contributed by atoms with E-state index in [4.69, 9.17) is 4.74 Å². The van der Waals surface area contributed by atoms with Crippen LogP contribution in [-0.2, 0) is 11.2 Å². The molecular formula is C23H27N3O3. The van der Waals surface area contributed by atoms with Crippen molar-refractivity contribution in [3.8, 4) is 0 Å². The van der Waals surface area contributed by atoms with E-state index in [1.165, 1.54) is 5.56 Å². The Hall–Kier alpha value is -2.70. The molecule has 2 amide bonds. The molecule has 1 N–H and O–H groups in total. The first kappa shape index (κ1) is 19.6. The highest BCUT2D eigenvalue weighted by atomic mass is 16.5. The van der Waals surface area contributed by atoms with Crippen LogP contribution in [-0.4, -0.2) is 62.1 Å². The first-order chi connectivity index (χ1) is 14.1. The summed E-state index contributed by atoms with van der Waals surface area (Å²) in [6.45, 7) is 6.80. The molecule has 0 spiro atoms. The molecular weight excluding hydrogens is 366 g/mol. The van der Waals surface area contributed by atoms with Crippen molar-refractivity contribution in [2.75, 3.05) is 44.3 Å². The van der Waals surface area contributed by atoms with Crippen LogP contribution in [0.25, 0.3) is 0 Å². The van der Waals surface area contributed by atoms with Crippen LogP contribution in [0.4, 0.5) is 5.69 Å². The van der Waals surface area contributed by atoms with Gasteiger partial charge in [-0.3, -0.25) is 14.5 Å². The second kappa shape index (κ2) is 8.76. The van der Waals surface area contributed by atoms with Crippen molar-refractivity contribution in [1.82, 2.24) is 10.2 Å². The summed E-state index contributed by atoms with van der Waals surface area (Å²) in [5.74, 6) is -0.140. The van der Waals surface area contributed by atoms with Crippen molar-refractivity contribution in [3.05, 3.63) is 65.2 Å². The maximum absolute atomic E-state index is 13.1. The monoisotopic (exact) mass is 393 g/mol. The molecule has 0 bridgehead atoms. The largest absolute Gasteiger partial charge is 0.379 e. The fourth-order valence-electron chi connectivity index (χ4n) is 4.03. The lowest BCUT2D eigenvalue weighted by Crippen LogP contribution is -2.41. The third-order valence-electron chi connectivity index (χ3n) is 5.64. The topological polar surface area (TPSA) is 61.9 Å².